The van der Waals surface area contributed by atoms with Crippen molar-refractivity contribution in [3.63, 3.8) is 0 Å². The Bertz CT molecular complexity index is 546. The predicted octanol–water partition coefficient (Wildman–Crippen LogP) is 4.97. The Hall–Kier alpha value is -0.710. The van der Waals surface area contributed by atoms with Crippen LogP contribution in [0.4, 0.5) is 5.69 Å². The lowest BCUT2D eigenvalue weighted by molar-refractivity contribution is 0.651. The maximum Gasteiger partial charge on any atom is 0.0948 e. The maximum absolute atomic E-state index is 6.18. The number of hydrogen-bond acceptors (Lipinski definition) is 2. The highest BCUT2D eigenvalue weighted by Crippen LogP contribution is 2.34. The SMILES string of the molecule is CCCn1cncc1CNc1c(Cl)cc(Br)cc1Cl. The first kappa shape index (κ1) is 14.7. The van der Waals surface area contributed by atoms with E-state index in [1.54, 1.807) is 0 Å². The first-order valence-electron chi connectivity index (χ1n) is 5.99. The van der Waals surface area contributed by atoms with Gasteiger partial charge in [0.2, 0.25) is 0 Å². The summed E-state index contributed by atoms with van der Waals surface area (Å²) in [6.45, 7) is 3.74. The van der Waals surface area contributed by atoms with Gasteiger partial charge < -0.3 is 9.88 Å². The fourth-order valence-electron chi connectivity index (χ4n) is 1.83. The summed E-state index contributed by atoms with van der Waals surface area (Å²) in [6.07, 6.45) is 4.76. The van der Waals surface area contributed by atoms with Crippen molar-refractivity contribution in [3.05, 3.63) is 44.9 Å². The van der Waals surface area contributed by atoms with Crippen LogP contribution in [0.3, 0.4) is 0 Å². The van der Waals surface area contributed by atoms with Gasteiger partial charge in [-0.1, -0.05) is 46.1 Å². The average Bonchev–Trinajstić information content (AvgIpc) is 2.76. The second-order valence-corrected chi connectivity index (χ2v) is 5.91. The van der Waals surface area contributed by atoms with Gasteiger partial charge in [0.05, 0.1) is 34.3 Å². The number of hydrogen-bond donors (Lipinski definition) is 1. The molecule has 102 valence electrons. The summed E-state index contributed by atoms with van der Waals surface area (Å²) in [7, 11) is 0. The number of anilines is 1. The van der Waals surface area contributed by atoms with Crippen molar-refractivity contribution in [2.45, 2.75) is 26.4 Å². The van der Waals surface area contributed by atoms with Crippen LogP contribution in [-0.4, -0.2) is 9.55 Å². The third-order valence-electron chi connectivity index (χ3n) is 2.72. The molecular formula is C13H14BrCl2N3. The average molecular weight is 363 g/mol. The zero-order chi connectivity index (χ0) is 13.8. The number of halogens is 3. The topological polar surface area (TPSA) is 29.9 Å². The summed E-state index contributed by atoms with van der Waals surface area (Å²) in [5.41, 5.74) is 1.85. The Balaban J connectivity index is 2.12. The quantitative estimate of drug-likeness (QED) is 0.813. The lowest BCUT2D eigenvalue weighted by Crippen LogP contribution is -2.07. The van der Waals surface area contributed by atoms with Gasteiger partial charge in [0.1, 0.15) is 0 Å². The van der Waals surface area contributed by atoms with Crippen molar-refractivity contribution >= 4 is 44.8 Å². The van der Waals surface area contributed by atoms with Gasteiger partial charge >= 0.3 is 0 Å². The van der Waals surface area contributed by atoms with Gasteiger partial charge in [0, 0.05) is 17.2 Å². The van der Waals surface area contributed by atoms with E-state index in [9.17, 15) is 0 Å². The van der Waals surface area contributed by atoms with E-state index in [0.29, 0.717) is 16.6 Å². The molecule has 2 rings (SSSR count). The van der Waals surface area contributed by atoms with Crippen LogP contribution in [0.25, 0.3) is 0 Å². The predicted molar refractivity (Wildman–Crippen MR) is 84.0 cm³/mol. The third-order valence-corrected chi connectivity index (χ3v) is 3.77. The lowest BCUT2D eigenvalue weighted by Gasteiger charge is -2.12. The molecule has 0 spiro atoms. The Morgan fingerprint density at radius 2 is 2.00 bits per heavy atom. The minimum atomic E-state index is 0.598. The summed E-state index contributed by atoms with van der Waals surface area (Å²) in [4.78, 5) is 4.16. The zero-order valence-corrected chi connectivity index (χ0v) is 13.6. The number of nitrogens with zero attached hydrogens (tertiary/aromatic N) is 2. The van der Waals surface area contributed by atoms with Crippen molar-refractivity contribution in [3.8, 4) is 0 Å². The largest absolute Gasteiger partial charge is 0.377 e. The number of nitrogens with one attached hydrogen (secondary N) is 1. The molecule has 0 fully saturated rings. The van der Waals surface area contributed by atoms with Crippen molar-refractivity contribution in [2.24, 2.45) is 0 Å². The molecule has 6 heteroatoms. The molecular weight excluding hydrogens is 349 g/mol. The molecule has 1 aromatic heterocycles. The first-order valence-corrected chi connectivity index (χ1v) is 7.54. The molecule has 0 amide bonds. The second-order valence-electron chi connectivity index (χ2n) is 4.18. The molecule has 3 nitrogen and oxygen atoms in total. The van der Waals surface area contributed by atoms with Crippen LogP contribution < -0.4 is 5.32 Å². The highest BCUT2D eigenvalue weighted by Gasteiger charge is 2.08. The second kappa shape index (κ2) is 6.64. The molecule has 2 aromatic rings. The molecule has 0 aliphatic rings. The van der Waals surface area contributed by atoms with Crippen molar-refractivity contribution in [1.82, 2.24) is 9.55 Å². The van der Waals surface area contributed by atoms with Gasteiger partial charge in [0.15, 0.2) is 0 Å². The van der Waals surface area contributed by atoms with E-state index in [1.165, 1.54) is 0 Å². The Morgan fingerprint density at radius 3 is 2.63 bits per heavy atom. The fourth-order valence-corrected chi connectivity index (χ4v) is 3.17. The molecule has 1 N–H and O–H groups in total. The van der Waals surface area contributed by atoms with Gasteiger partial charge in [-0.25, -0.2) is 4.98 Å². The normalized spacial score (nSPS) is 10.7. The van der Waals surface area contributed by atoms with E-state index in [-0.39, 0.29) is 0 Å². The molecule has 0 atom stereocenters. The number of imidazole rings is 1. The number of aryl methyl sites for hydroxylation is 1. The van der Waals surface area contributed by atoms with Crippen LogP contribution in [0.15, 0.2) is 29.1 Å². The minimum absolute atomic E-state index is 0.598. The summed E-state index contributed by atoms with van der Waals surface area (Å²) < 4.78 is 2.98. The summed E-state index contributed by atoms with van der Waals surface area (Å²) in [6, 6.07) is 3.64. The van der Waals surface area contributed by atoms with Gasteiger partial charge in [-0.05, 0) is 18.6 Å². The summed E-state index contributed by atoms with van der Waals surface area (Å²) in [5, 5.41) is 4.46. The minimum Gasteiger partial charge on any atom is -0.377 e. The molecule has 0 saturated carbocycles. The molecule has 0 saturated heterocycles. The Labute approximate surface area is 131 Å². The van der Waals surface area contributed by atoms with Crippen LogP contribution in [0.2, 0.25) is 10.0 Å². The molecule has 0 aliphatic carbocycles. The van der Waals surface area contributed by atoms with Crippen molar-refractivity contribution in [1.29, 1.82) is 0 Å². The summed E-state index contributed by atoms with van der Waals surface area (Å²) in [5.74, 6) is 0. The van der Waals surface area contributed by atoms with Crippen LogP contribution in [0.5, 0.6) is 0 Å². The fraction of sp³-hybridized carbons (Fsp3) is 0.308. The molecule has 1 heterocycles. The monoisotopic (exact) mass is 361 g/mol. The van der Waals surface area contributed by atoms with Gasteiger partial charge in [-0.15, -0.1) is 0 Å². The number of aromatic nitrogens is 2. The van der Waals surface area contributed by atoms with Crippen LogP contribution in [0.1, 0.15) is 19.0 Å². The van der Waals surface area contributed by atoms with Gasteiger partial charge in [-0.3, -0.25) is 0 Å². The lowest BCUT2D eigenvalue weighted by atomic mass is 10.3. The molecule has 0 unspecified atom stereocenters. The van der Waals surface area contributed by atoms with E-state index in [1.807, 2.05) is 24.7 Å². The van der Waals surface area contributed by atoms with E-state index < -0.39 is 0 Å². The zero-order valence-electron chi connectivity index (χ0n) is 10.5. The van der Waals surface area contributed by atoms with Crippen LogP contribution >= 0.6 is 39.1 Å². The van der Waals surface area contributed by atoms with Crippen LogP contribution in [-0.2, 0) is 13.1 Å². The number of benzene rings is 1. The third kappa shape index (κ3) is 3.65. The molecule has 0 aliphatic heterocycles. The first-order chi connectivity index (χ1) is 9.11. The number of rotatable bonds is 5. The van der Waals surface area contributed by atoms with E-state index >= 15 is 0 Å². The standard InChI is InChI=1S/C13H14BrCl2N3/c1-2-3-19-8-17-6-10(19)7-18-13-11(15)4-9(14)5-12(13)16/h4-6,8,18H,2-3,7H2,1H3. The van der Waals surface area contributed by atoms with E-state index in [0.717, 1.165) is 28.8 Å². The Kier molecular flexibility index (Phi) is 5.13. The highest BCUT2D eigenvalue weighted by molar-refractivity contribution is 9.10. The van der Waals surface area contributed by atoms with E-state index in [4.69, 9.17) is 23.2 Å². The van der Waals surface area contributed by atoms with Crippen molar-refractivity contribution in [2.75, 3.05) is 5.32 Å². The Morgan fingerprint density at radius 1 is 1.32 bits per heavy atom. The maximum atomic E-state index is 6.18. The van der Waals surface area contributed by atoms with E-state index in [2.05, 4.69) is 37.7 Å². The molecule has 1 aromatic carbocycles. The van der Waals surface area contributed by atoms with Crippen molar-refractivity contribution < 1.29 is 0 Å². The van der Waals surface area contributed by atoms with Gasteiger partial charge in [-0.2, -0.15) is 0 Å². The van der Waals surface area contributed by atoms with Crippen LogP contribution in [0, 0.1) is 0 Å². The molecule has 0 radical (unpaired) electrons. The highest BCUT2D eigenvalue weighted by atomic mass is 79.9. The smallest absolute Gasteiger partial charge is 0.0948 e. The molecule has 19 heavy (non-hydrogen) atoms. The summed E-state index contributed by atoms with van der Waals surface area (Å²) >= 11 is 15.7. The van der Waals surface area contributed by atoms with Gasteiger partial charge in [0.25, 0.3) is 0 Å². The molecule has 0 bridgehead atoms.